The summed E-state index contributed by atoms with van der Waals surface area (Å²) >= 11 is 0. The van der Waals surface area contributed by atoms with Crippen molar-refractivity contribution in [3.8, 4) is 0 Å². The highest BCUT2D eigenvalue weighted by Gasteiger charge is 2.31. The molecule has 0 aliphatic carbocycles. The minimum atomic E-state index is -4.61. The maximum absolute atomic E-state index is 12.7. The maximum atomic E-state index is 12.7. The van der Waals surface area contributed by atoms with Crippen LogP contribution in [0.2, 0.25) is 0 Å². The van der Waals surface area contributed by atoms with Crippen LogP contribution in [-0.4, -0.2) is 27.1 Å². The van der Waals surface area contributed by atoms with E-state index in [1.165, 1.54) is 6.07 Å². The Morgan fingerprint density at radius 2 is 1.50 bits per heavy atom. The van der Waals surface area contributed by atoms with Gasteiger partial charge in [-0.15, -0.1) is 0 Å². The van der Waals surface area contributed by atoms with E-state index in [0.29, 0.717) is 16.4 Å². The number of hydrogen-bond donors (Lipinski definition) is 1. The number of nitrogens with one attached hydrogen (secondary N) is 1. The Morgan fingerprint density at radius 3 is 2.00 bits per heavy atom. The van der Waals surface area contributed by atoms with Crippen LogP contribution in [0.3, 0.4) is 0 Å². The summed E-state index contributed by atoms with van der Waals surface area (Å²) in [5.74, 6) is -0.849. The van der Waals surface area contributed by atoms with Crippen LogP contribution >= 0.6 is 0 Å². The van der Waals surface area contributed by atoms with Crippen LogP contribution in [0.15, 0.2) is 48.5 Å². The number of benzene rings is 2. The van der Waals surface area contributed by atoms with Gasteiger partial charge in [-0.3, -0.25) is 9.10 Å². The molecule has 1 N–H and O–H groups in total. The third-order valence-electron chi connectivity index (χ3n) is 3.91. The lowest BCUT2D eigenvalue weighted by atomic mass is 10.1. The van der Waals surface area contributed by atoms with Gasteiger partial charge in [-0.1, -0.05) is 12.1 Å². The van der Waals surface area contributed by atoms with Crippen LogP contribution in [0.25, 0.3) is 0 Å². The van der Waals surface area contributed by atoms with E-state index in [2.05, 4.69) is 5.32 Å². The number of nitrogens with zero attached hydrogens (tertiary/aromatic N) is 1. The Balaban J connectivity index is 2.12. The van der Waals surface area contributed by atoms with E-state index in [-0.39, 0.29) is 17.8 Å². The molecule has 0 bridgehead atoms. The van der Waals surface area contributed by atoms with E-state index >= 15 is 0 Å². The molecule has 0 saturated heterocycles. The third kappa shape index (κ3) is 6.37. The quantitative estimate of drug-likeness (QED) is 0.676. The van der Waals surface area contributed by atoms with Crippen molar-refractivity contribution in [3.63, 3.8) is 0 Å². The zero-order chi connectivity index (χ0) is 22.7. The second kappa shape index (κ2) is 8.54. The summed E-state index contributed by atoms with van der Waals surface area (Å²) in [6.45, 7) is -1.06. The van der Waals surface area contributed by atoms with Crippen LogP contribution in [0.4, 0.5) is 32.0 Å². The molecule has 0 fully saturated rings. The molecular formula is C18H16F6N2O3S. The number of carbonyl (C=O) groups is 1. The molecule has 2 aromatic rings. The zero-order valence-corrected chi connectivity index (χ0v) is 16.2. The molecule has 0 unspecified atom stereocenters. The fourth-order valence-electron chi connectivity index (χ4n) is 2.46. The van der Waals surface area contributed by atoms with Crippen LogP contribution in [-0.2, 0) is 33.7 Å². The molecule has 0 aliphatic rings. The lowest BCUT2D eigenvalue weighted by Gasteiger charge is -2.22. The fourth-order valence-corrected chi connectivity index (χ4v) is 3.32. The molecule has 2 aromatic carbocycles. The van der Waals surface area contributed by atoms with E-state index < -0.39 is 46.0 Å². The van der Waals surface area contributed by atoms with Crippen molar-refractivity contribution in [2.75, 3.05) is 17.1 Å². The molecule has 0 aromatic heterocycles. The standard InChI is InChI=1S/C18H16F6N2O3S/c1-30(28,29)26(15-7-5-13(6-8-15)17(19,20)21)11-16(27)25-10-12-3-2-4-14(9-12)18(22,23)24/h2-9H,10-11H2,1H3,(H,25,27). The first-order valence-electron chi connectivity index (χ1n) is 8.26. The predicted molar refractivity (Wildman–Crippen MR) is 96.9 cm³/mol. The summed E-state index contributed by atoms with van der Waals surface area (Å²) in [6, 6.07) is 7.37. The zero-order valence-electron chi connectivity index (χ0n) is 15.4. The molecule has 12 heteroatoms. The molecule has 0 saturated carbocycles. The second-order valence-corrected chi connectivity index (χ2v) is 8.20. The van der Waals surface area contributed by atoms with Crippen LogP contribution in [0, 0.1) is 0 Å². The van der Waals surface area contributed by atoms with E-state index in [9.17, 15) is 39.6 Å². The summed E-state index contributed by atoms with van der Waals surface area (Å²) in [5, 5.41) is 2.29. The van der Waals surface area contributed by atoms with Gasteiger partial charge >= 0.3 is 12.4 Å². The average Bonchev–Trinajstić information content (AvgIpc) is 2.62. The van der Waals surface area contributed by atoms with Crippen LogP contribution < -0.4 is 9.62 Å². The van der Waals surface area contributed by atoms with Gasteiger partial charge in [-0.2, -0.15) is 26.3 Å². The highest BCUT2D eigenvalue weighted by atomic mass is 32.2. The number of carbonyl (C=O) groups excluding carboxylic acids is 1. The van der Waals surface area contributed by atoms with Crippen LogP contribution in [0.1, 0.15) is 16.7 Å². The molecule has 5 nitrogen and oxygen atoms in total. The van der Waals surface area contributed by atoms with Crippen molar-refractivity contribution < 1.29 is 39.6 Å². The van der Waals surface area contributed by atoms with Gasteiger partial charge in [0.25, 0.3) is 0 Å². The summed E-state index contributed by atoms with van der Waals surface area (Å²) < 4.78 is 101. The molecule has 0 aliphatic heterocycles. The molecule has 0 spiro atoms. The van der Waals surface area contributed by atoms with Crippen molar-refractivity contribution in [3.05, 3.63) is 65.2 Å². The highest BCUT2D eigenvalue weighted by molar-refractivity contribution is 7.92. The topological polar surface area (TPSA) is 66.5 Å². The number of rotatable bonds is 6. The Bertz CT molecular complexity index is 1000. The minimum absolute atomic E-state index is 0.138. The van der Waals surface area contributed by atoms with Gasteiger partial charge < -0.3 is 5.32 Å². The highest BCUT2D eigenvalue weighted by Crippen LogP contribution is 2.31. The summed E-state index contributed by atoms with van der Waals surface area (Å²) in [7, 11) is -4.03. The Morgan fingerprint density at radius 1 is 0.933 bits per heavy atom. The fraction of sp³-hybridized carbons (Fsp3) is 0.278. The van der Waals surface area contributed by atoms with E-state index in [1.54, 1.807) is 0 Å². The molecule has 0 atom stereocenters. The van der Waals surface area contributed by atoms with Crippen molar-refractivity contribution in [1.29, 1.82) is 0 Å². The molecule has 30 heavy (non-hydrogen) atoms. The largest absolute Gasteiger partial charge is 0.416 e. The monoisotopic (exact) mass is 454 g/mol. The Hall–Kier alpha value is -2.76. The van der Waals surface area contributed by atoms with E-state index in [1.807, 2.05) is 0 Å². The van der Waals surface area contributed by atoms with Gasteiger partial charge in [0.2, 0.25) is 15.9 Å². The van der Waals surface area contributed by atoms with Crippen molar-refractivity contribution in [2.45, 2.75) is 18.9 Å². The van der Waals surface area contributed by atoms with Crippen molar-refractivity contribution in [1.82, 2.24) is 5.32 Å². The predicted octanol–water partition coefficient (Wildman–Crippen LogP) is 3.81. The van der Waals surface area contributed by atoms with E-state index in [4.69, 9.17) is 0 Å². The number of hydrogen-bond acceptors (Lipinski definition) is 3. The number of sulfonamides is 1. The molecule has 164 valence electrons. The van der Waals surface area contributed by atoms with Gasteiger partial charge in [0.05, 0.1) is 23.1 Å². The summed E-state index contributed by atoms with van der Waals surface area (Å²) in [4.78, 5) is 12.1. The number of amides is 1. The van der Waals surface area contributed by atoms with Crippen molar-refractivity contribution >= 4 is 21.6 Å². The van der Waals surface area contributed by atoms with Gasteiger partial charge in [0.1, 0.15) is 6.54 Å². The third-order valence-corrected chi connectivity index (χ3v) is 5.05. The Labute approximate surface area is 168 Å². The van der Waals surface area contributed by atoms with Gasteiger partial charge in [0, 0.05) is 6.54 Å². The van der Waals surface area contributed by atoms with Crippen LogP contribution in [0.5, 0.6) is 0 Å². The smallest absolute Gasteiger partial charge is 0.350 e. The first kappa shape index (κ1) is 23.5. The molecule has 0 radical (unpaired) electrons. The maximum Gasteiger partial charge on any atom is 0.416 e. The Kier molecular flexibility index (Phi) is 6.70. The lowest BCUT2D eigenvalue weighted by molar-refractivity contribution is -0.138. The normalized spacial score (nSPS) is 12.5. The number of halogens is 6. The second-order valence-electron chi connectivity index (χ2n) is 6.29. The van der Waals surface area contributed by atoms with Gasteiger partial charge in [0.15, 0.2) is 0 Å². The average molecular weight is 454 g/mol. The minimum Gasteiger partial charge on any atom is -0.350 e. The number of anilines is 1. The lowest BCUT2D eigenvalue weighted by Crippen LogP contribution is -2.40. The van der Waals surface area contributed by atoms with E-state index in [0.717, 1.165) is 36.6 Å². The first-order valence-corrected chi connectivity index (χ1v) is 10.1. The number of alkyl halides is 6. The molecule has 0 heterocycles. The molecular weight excluding hydrogens is 438 g/mol. The molecule has 2 rings (SSSR count). The summed E-state index contributed by atoms with van der Waals surface area (Å²) in [5.41, 5.74) is -1.93. The summed E-state index contributed by atoms with van der Waals surface area (Å²) in [6.07, 6.45) is -8.41. The molecule has 1 amide bonds. The van der Waals surface area contributed by atoms with Gasteiger partial charge in [-0.05, 0) is 42.0 Å². The SMILES string of the molecule is CS(=O)(=O)N(CC(=O)NCc1cccc(C(F)(F)F)c1)c1ccc(C(F)(F)F)cc1. The van der Waals surface area contributed by atoms with Crippen molar-refractivity contribution in [2.24, 2.45) is 0 Å². The first-order chi connectivity index (χ1) is 13.7. The van der Waals surface area contributed by atoms with Gasteiger partial charge in [-0.25, -0.2) is 8.42 Å².